The van der Waals surface area contributed by atoms with Crippen molar-refractivity contribution in [2.75, 3.05) is 6.54 Å². The summed E-state index contributed by atoms with van der Waals surface area (Å²) in [5, 5.41) is 12.1. The summed E-state index contributed by atoms with van der Waals surface area (Å²) < 4.78 is 14.1. The second kappa shape index (κ2) is 5.38. The molecule has 2 aliphatic rings. The lowest BCUT2D eigenvalue weighted by Crippen LogP contribution is -2.39. The van der Waals surface area contributed by atoms with E-state index in [-0.39, 0.29) is 12.5 Å². The van der Waals surface area contributed by atoms with Gasteiger partial charge in [0.2, 0.25) is 5.91 Å². The summed E-state index contributed by atoms with van der Waals surface area (Å²) in [5.74, 6) is -0.987. The number of carboxylic acid groups (broad SMARTS) is 1. The Hall–Kier alpha value is -1.91. The number of hydrogen-bond donors (Lipinski definition) is 2. The number of aliphatic carboxylic acids is 1. The van der Waals surface area contributed by atoms with Crippen molar-refractivity contribution in [3.8, 4) is 0 Å². The minimum Gasteiger partial charge on any atom is -0.481 e. The molecule has 2 N–H and O–H groups in total. The fraction of sp³-hybridized carbons (Fsp3) is 0.529. The van der Waals surface area contributed by atoms with Crippen molar-refractivity contribution in [1.29, 1.82) is 0 Å². The number of rotatable bonds is 5. The minimum absolute atomic E-state index is 0.0648. The molecule has 0 saturated heterocycles. The number of carbonyl (C=O) groups is 2. The minimum atomic E-state index is -1.24. The predicted molar refractivity (Wildman–Crippen MR) is 78.9 cm³/mol. The van der Waals surface area contributed by atoms with E-state index in [1.807, 2.05) is 6.07 Å². The third kappa shape index (κ3) is 2.38. The number of amides is 1. The molecule has 2 aliphatic carbocycles. The number of fused-ring (bicyclic) bond motifs is 2. The molecule has 1 unspecified atom stereocenters. The van der Waals surface area contributed by atoms with Crippen LogP contribution in [0.3, 0.4) is 0 Å². The maximum absolute atomic E-state index is 14.1. The van der Waals surface area contributed by atoms with E-state index in [1.165, 1.54) is 0 Å². The van der Waals surface area contributed by atoms with Crippen molar-refractivity contribution in [2.24, 2.45) is 10.8 Å². The van der Waals surface area contributed by atoms with Gasteiger partial charge >= 0.3 is 5.97 Å². The number of nitrogens with one attached hydrogen (secondary N) is 1. The van der Waals surface area contributed by atoms with Crippen LogP contribution in [0.4, 0.5) is 4.39 Å². The fourth-order valence-corrected chi connectivity index (χ4v) is 3.95. The largest absolute Gasteiger partial charge is 0.481 e. The molecule has 1 atom stereocenters. The summed E-state index contributed by atoms with van der Waals surface area (Å²) in [6.45, 7) is -0.0648. The van der Waals surface area contributed by atoms with Crippen molar-refractivity contribution in [1.82, 2.24) is 5.32 Å². The summed E-state index contributed by atoms with van der Waals surface area (Å²) in [4.78, 5) is 23.9. The van der Waals surface area contributed by atoms with Gasteiger partial charge in [-0.15, -0.1) is 0 Å². The molecule has 1 aromatic carbocycles. The Labute approximate surface area is 128 Å². The molecule has 2 saturated carbocycles. The van der Waals surface area contributed by atoms with E-state index in [9.17, 15) is 19.1 Å². The first kappa shape index (κ1) is 15.0. The molecule has 5 heteroatoms. The van der Waals surface area contributed by atoms with E-state index >= 15 is 0 Å². The maximum Gasteiger partial charge on any atom is 0.309 e. The number of hydrogen-bond acceptors (Lipinski definition) is 2. The Morgan fingerprint density at radius 3 is 2.27 bits per heavy atom. The predicted octanol–water partition coefficient (Wildman–Crippen LogP) is 2.85. The normalized spacial score (nSPS) is 31.0. The highest BCUT2D eigenvalue weighted by atomic mass is 19.1. The maximum atomic E-state index is 14.1. The molecule has 0 radical (unpaired) electrons. The molecular formula is C17H20FNO3. The van der Waals surface area contributed by atoms with E-state index in [0.29, 0.717) is 37.7 Å². The van der Waals surface area contributed by atoms with Gasteiger partial charge in [0.05, 0.1) is 17.4 Å². The zero-order chi connectivity index (χ0) is 15.8. The van der Waals surface area contributed by atoms with E-state index in [0.717, 1.165) is 0 Å². The van der Waals surface area contributed by atoms with Gasteiger partial charge in [0, 0.05) is 0 Å². The molecule has 0 aliphatic heterocycles. The highest BCUT2D eigenvalue weighted by Gasteiger charge is 2.61. The lowest BCUT2D eigenvalue weighted by atomic mass is 9.81. The second-order valence-electron chi connectivity index (χ2n) is 6.63. The first-order valence-corrected chi connectivity index (χ1v) is 7.68. The first-order chi connectivity index (χ1) is 10.5. The Bertz CT molecular complexity index is 579. The molecule has 2 fully saturated rings. The lowest BCUT2D eigenvalue weighted by molar-refractivity contribution is -0.148. The topological polar surface area (TPSA) is 66.4 Å². The van der Waals surface area contributed by atoms with Gasteiger partial charge in [-0.3, -0.25) is 9.59 Å². The third-order valence-corrected chi connectivity index (χ3v) is 5.38. The number of alkyl halides is 1. The highest BCUT2D eigenvalue weighted by molar-refractivity contribution is 5.87. The second-order valence-corrected chi connectivity index (χ2v) is 6.63. The van der Waals surface area contributed by atoms with Crippen molar-refractivity contribution < 1.29 is 19.1 Å². The Morgan fingerprint density at radius 2 is 1.73 bits per heavy atom. The Balaban J connectivity index is 1.61. The highest BCUT2D eigenvalue weighted by Crippen LogP contribution is 2.61. The SMILES string of the molecule is O=C(O)C12CCC(C(=O)NCC(F)c3ccccc3)(CC1)C2. The quantitative estimate of drug-likeness (QED) is 0.879. The smallest absolute Gasteiger partial charge is 0.309 e. The van der Waals surface area contributed by atoms with Crippen LogP contribution in [-0.4, -0.2) is 23.5 Å². The molecule has 4 nitrogen and oxygen atoms in total. The number of halogens is 1. The van der Waals surface area contributed by atoms with Crippen molar-refractivity contribution >= 4 is 11.9 Å². The van der Waals surface area contributed by atoms with Gasteiger partial charge in [-0.05, 0) is 37.7 Å². The number of carboxylic acids is 1. The van der Waals surface area contributed by atoms with Gasteiger partial charge < -0.3 is 10.4 Å². The van der Waals surface area contributed by atoms with Gasteiger partial charge in [0.25, 0.3) is 0 Å². The van der Waals surface area contributed by atoms with E-state index in [2.05, 4.69) is 5.32 Å². The van der Waals surface area contributed by atoms with Gasteiger partial charge in [-0.1, -0.05) is 30.3 Å². The van der Waals surface area contributed by atoms with Crippen LogP contribution in [0.2, 0.25) is 0 Å². The van der Waals surface area contributed by atoms with Crippen LogP contribution in [0.1, 0.15) is 43.8 Å². The Kier molecular flexibility index (Phi) is 3.67. The van der Waals surface area contributed by atoms with Crippen LogP contribution in [0.25, 0.3) is 0 Å². The summed E-state index contributed by atoms with van der Waals surface area (Å²) in [7, 11) is 0. The van der Waals surface area contributed by atoms with Gasteiger partial charge in [-0.25, -0.2) is 4.39 Å². The molecule has 3 rings (SSSR count). The summed E-state index contributed by atoms with van der Waals surface area (Å²) in [6, 6.07) is 8.72. The van der Waals surface area contributed by atoms with Gasteiger partial charge in [0.15, 0.2) is 0 Å². The van der Waals surface area contributed by atoms with Crippen LogP contribution in [0, 0.1) is 10.8 Å². The zero-order valence-corrected chi connectivity index (χ0v) is 12.3. The van der Waals surface area contributed by atoms with Crippen molar-refractivity contribution in [3.05, 3.63) is 35.9 Å². The summed E-state index contributed by atoms with van der Waals surface area (Å²) in [5.41, 5.74) is -0.793. The van der Waals surface area contributed by atoms with Crippen molar-refractivity contribution in [3.63, 3.8) is 0 Å². The molecule has 0 heterocycles. The lowest BCUT2D eigenvalue weighted by Gasteiger charge is -2.25. The van der Waals surface area contributed by atoms with E-state index in [1.54, 1.807) is 24.3 Å². The number of carbonyl (C=O) groups excluding carboxylic acids is 1. The molecule has 1 amide bonds. The molecular weight excluding hydrogens is 285 g/mol. The first-order valence-electron chi connectivity index (χ1n) is 7.68. The van der Waals surface area contributed by atoms with Crippen LogP contribution < -0.4 is 5.32 Å². The standard InChI is InChI=1S/C17H20FNO3/c18-13(12-4-2-1-3-5-12)10-19-14(20)16-6-8-17(11-16,9-7-16)15(21)22/h1-5,13H,6-11H2,(H,19,20)(H,21,22). The van der Waals surface area contributed by atoms with Gasteiger partial charge in [-0.2, -0.15) is 0 Å². The van der Waals surface area contributed by atoms with Crippen LogP contribution in [-0.2, 0) is 9.59 Å². The summed E-state index contributed by atoms with van der Waals surface area (Å²) >= 11 is 0. The van der Waals surface area contributed by atoms with E-state index in [4.69, 9.17) is 0 Å². The fourth-order valence-electron chi connectivity index (χ4n) is 3.95. The molecule has 0 spiro atoms. The molecule has 1 aromatic rings. The van der Waals surface area contributed by atoms with Crippen LogP contribution in [0.15, 0.2) is 30.3 Å². The van der Waals surface area contributed by atoms with Crippen LogP contribution in [0.5, 0.6) is 0 Å². The molecule has 0 aromatic heterocycles. The third-order valence-electron chi connectivity index (χ3n) is 5.38. The molecule has 2 bridgehead atoms. The summed E-state index contributed by atoms with van der Waals surface area (Å²) in [6.07, 6.45) is 1.43. The molecule has 22 heavy (non-hydrogen) atoms. The monoisotopic (exact) mass is 305 g/mol. The van der Waals surface area contributed by atoms with E-state index < -0.39 is 23.0 Å². The van der Waals surface area contributed by atoms with Crippen LogP contribution >= 0.6 is 0 Å². The molecule has 118 valence electrons. The van der Waals surface area contributed by atoms with Crippen molar-refractivity contribution in [2.45, 2.75) is 38.3 Å². The van der Waals surface area contributed by atoms with Gasteiger partial charge in [0.1, 0.15) is 6.17 Å². The number of benzene rings is 1. The zero-order valence-electron chi connectivity index (χ0n) is 12.3. The average Bonchev–Trinajstić information content (AvgIpc) is 3.12. The average molecular weight is 305 g/mol. The Morgan fingerprint density at radius 1 is 1.14 bits per heavy atom.